The van der Waals surface area contributed by atoms with E-state index >= 15 is 0 Å². The van der Waals surface area contributed by atoms with Crippen molar-refractivity contribution >= 4 is 46.3 Å². The fourth-order valence-electron chi connectivity index (χ4n) is 2.09. The van der Waals surface area contributed by atoms with Gasteiger partial charge in [0.1, 0.15) is 0 Å². The molecule has 6 heteroatoms. The lowest BCUT2D eigenvalue weighted by atomic mass is 10.1. The monoisotopic (exact) mass is 449 g/mol. The molecule has 0 aliphatic heterocycles. The predicted molar refractivity (Wildman–Crippen MR) is 109 cm³/mol. The van der Waals surface area contributed by atoms with Gasteiger partial charge in [-0.25, -0.2) is 5.43 Å². The molecule has 2 aromatic rings. The Labute approximate surface area is 161 Å². The molecule has 25 heavy (non-hydrogen) atoms. The zero-order valence-corrected chi connectivity index (χ0v) is 16.3. The molecule has 0 bridgehead atoms. The van der Waals surface area contributed by atoms with E-state index in [-0.39, 0.29) is 24.7 Å². The molecule has 2 rings (SSSR count). The summed E-state index contributed by atoms with van der Waals surface area (Å²) in [4.78, 5) is 23.7. The zero-order valence-electron chi connectivity index (χ0n) is 14.2. The van der Waals surface area contributed by atoms with Crippen LogP contribution in [0.2, 0.25) is 0 Å². The van der Waals surface area contributed by atoms with Crippen LogP contribution in [-0.2, 0) is 9.59 Å². The highest BCUT2D eigenvalue weighted by atomic mass is 127. The molecule has 0 saturated carbocycles. The Bertz CT molecular complexity index is 803. The third-order valence-corrected chi connectivity index (χ3v) is 4.29. The second kappa shape index (κ2) is 9.31. The van der Waals surface area contributed by atoms with Crippen molar-refractivity contribution < 1.29 is 9.59 Å². The first-order chi connectivity index (χ1) is 11.9. The van der Waals surface area contributed by atoms with Crippen molar-refractivity contribution in [2.75, 3.05) is 5.32 Å². The van der Waals surface area contributed by atoms with Gasteiger partial charge in [-0.3, -0.25) is 9.59 Å². The SMILES string of the molecule is Cc1ccc(NC(=O)CCC(=O)N/N=C\c2cccc(I)c2)cc1C. The predicted octanol–water partition coefficient (Wildman–Crippen LogP) is 3.78. The standard InChI is InChI=1S/C19H20IN3O2/c1-13-6-7-17(10-14(13)2)22-18(24)8-9-19(25)23-21-12-15-4-3-5-16(20)11-15/h3-7,10-12H,8-9H2,1-2H3,(H,22,24)(H,23,25)/b21-12-. The van der Waals surface area contributed by atoms with Crippen LogP contribution in [0.5, 0.6) is 0 Å². The fourth-order valence-corrected chi connectivity index (χ4v) is 2.66. The van der Waals surface area contributed by atoms with Crippen LogP contribution in [0.4, 0.5) is 5.69 Å². The summed E-state index contributed by atoms with van der Waals surface area (Å²) in [6.07, 6.45) is 1.77. The first kappa shape index (κ1) is 19.1. The van der Waals surface area contributed by atoms with E-state index < -0.39 is 0 Å². The second-order valence-electron chi connectivity index (χ2n) is 5.70. The summed E-state index contributed by atoms with van der Waals surface area (Å²) in [6.45, 7) is 4.01. The summed E-state index contributed by atoms with van der Waals surface area (Å²) < 4.78 is 1.09. The maximum absolute atomic E-state index is 11.9. The van der Waals surface area contributed by atoms with Crippen LogP contribution in [0.3, 0.4) is 0 Å². The largest absolute Gasteiger partial charge is 0.326 e. The average molecular weight is 449 g/mol. The van der Waals surface area contributed by atoms with Crippen molar-refractivity contribution in [1.82, 2.24) is 5.43 Å². The Morgan fingerprint density at radius 3 is 2.52 bits per heavy atom. The number of rotatable bonds is 6. The molecule has 0 unspecified atom stereocenters. The van der Waals surface area contributed by atoms with Gasteiger partial charge in [-0.05, 0) is 77.4 Å². The van der Waals surface area contributed by atoms with E-state index in [0.717, 1.165) is 20.4 Å². The molecule has 5 nitrogen and oxygen atoms in total. The molecular formula is C19H20IN3O2. The van der Waals surface area contributed by atoms with Gasteiger partial charge in [0.15, 0.2) is 0 Å². The number of nitrogens with zero attached hydrogens (tertiary/aromatic N) is 1. The zero-order chi connectivity index (χ0) is 18.2. The highest BCUT2D eigenvalue weighted by Crippen LogP contribution is 2.14. The third kappa shape index (κ3) is 6.66. The van der Waals surface area contributed by atoms with Gasteiger partial charge in [0.2, 0.25) is 11.8 Å². The minimum absolute atomic E-state index is 0.0837. The van der Waals surface area contributed by atoms with E-state index in [9.17, 15) is 9.59 Å². The highest BCUT2D eigenvalue weighted by Gasteiger charge is 2.07. The quantitative estimate of drug-likeness (QED) is 0.401. The van der Waals surface area contributed by atoms with Gasteiger partial charge < -0.3 is 5.32 Å². The fraction of sp³-hybridized carbons (Fsp3) is 0.211. The van der Waals surface area contributed by atoms with Crippen molar-refractivity contribution in [3.8, 4) is 0 Å². The van der Waals surface area contributed by atoms with Crippen molar-refractivity contribution in [2.24, 2.45) is 5.10 Å². The van der Waals surface area contributed by atoms with Gasteiger partial charge in [0, 0.05) is 22.1 Å². The van der Waals surface area contributed by atoms with Crippen LogP contribution in [-0.4, -0.2) is 18.0 Å². The number of halogens is 1. The first-order valence-electron chi connectivity index (χ1n) is 7.88. The van der Waals surface area contributed by atoms with Crippen molar-refractivity contribution in [3.63, 3.8) is 0 Å². The minimum atomic E-state index is -0.294. The van der Waals surface area contributed by atoms with Crippen LogP contribution >= 0.6 is 22.6 Å². The Hall–Kier alpha value is -2.22. The van der Waals surface area contributed by atoms with E-state index in [1.54, 1.807) is 6.21 Å². The topological polar surface area (TPSA) is 70.6 Å². The van der Waals surface area contributed by atoms with Crippen LogP contribution in [0, 0.1) is 17.4 Å². The number of amides is 2. The number of hydrogen-bond donors (Lipinski definition) is 2. The maximum atomic E-state index is 11.9. The number of benzene rings is 2. The van der Waals surface area contributed by atoms with Crippen LogP contribution in [0.1, 0.15) is 29.5 Å². The summed E-state index contributed by atoms with van der Waals surface area (Å²) in [5.74, 6) is -0.489. The summed E-state index contributed by atoms with van der Waals surface area (Å²) in [5.41, 5.74) is 6.36. The van der Waals surface area contributed by atoms with Gasteiger partial charge in [-0.1, -0.05) is 18.2 Å². The molecule has 0 atom stereocenters. The number of carbonyl (C=O) groups is 2. The number of hydrazone groups is 1. The summed E-state index contributed by atoms with van der Waals surface area (Å²) in [6, 6.07) is 13.5. The molecule has 0 fully saturated rings. The third-order valence-electron chi connectivity index (χ3n) is 3.62. The molecule has 0 aromatic heterocycles. The number of hydrogen-bond acceptors (Lipinski definition) is 3. The lowest BCUT2D eigenvalue weighted by molar-refractivity contribution is -0.124. The molecule has 0 spiro atoms. The van der Waals surface area contributed by atoms with Gasteiger partial charge >= 0.3 is 0 Å². The van der Waals surface area contributed by atoms with Crippen molar-refractivity contribution in [3.05, 3.63) is 62.7 Å². The van der Waals surface area contributed by atoms with E-state index in [1.807, 2.05) is 56.3 Å². The number of anilines is 1. The van der Waals surface area contributed by atoms with Crippen LogP contribution in [0.15, 0.2) is 47.6 Å². The molecule has 0 heterocycles. The van der Waals surface area contributed by atoms with Crippen LogP contribution < -0.4 is 10.7 Å². The summed E-state index contributed by atoms with van der Waals surface area (Å²) in [7, 11) is 0. The molecule has 0 aliphatic rings. The van der Waals surface area contributed by atoms with E-state index in [2.05, 4.69) is 38.4 Å². The highest BCUT2D eigenvalue weighted by molar-refractivity contribution is 14.1. The molecule has 0 aliphatic carbocycles. The Morgan fingerprint density at radius 2 is 1.80 bits per heavy atom. The van der Waals surface area contributed by atoms with E-state index in [4.69, 9.17) is 0 Å². The number of nitrogens with one attached hydrogen (secondary N) is 2. The summed E-state index contributed by atoms with van der Waals surface area (Å²) >= 11 is 2.21. The maximum Gasteiger partial charge on any atom is 0.240 e. The molecule has 130 valence electrons. The Morgan fingerprint density at radius 1 is 1.04 bits per heavy atom. The normalized spacial score (nSPS) is 10.7. The van der Waals surface area contributed by atoms with Crippen molar-refractivity contribution in [2.45, 2.75) is 26.7 Å². The lowest BCUT2D eigenvalue weighted by Crippen LogP contribution is -2.20. The minimum Gasteiger partial charge on any atom is -0.326 e. The summed E-state index contributed by atoms with van der Waals surface area (Å²) in [5, 5.41) is 6.70. The van der Waals surface area contributed by atoms with Gasteiger partial charge in [0.05, 0.1) is 6.21 Å². The first-order valence-corrected chi connectivity index (χ1v) is 8.96. The molecule has 2 N–H and O–H groups in total. The van der Waals surface area contributed by atoms with E-state index in [0.29, 0.717) is 0 Å². The lowest BCUT2D eigenvalue weighted by Gasteiger charge is -2.07. The van der Waals surface area contributed by atoms with Gasteiger partial charge in [0.25, 0.3) is 0 Å². The molecule has 2 aromatic carbocycles. The van der Waals surface area contributed by atoms with Gasteiger partial charge in [-0.15, -0.1) is 0 Å². The number of carbonyl (C=O) groups excluding carboxylic acids is 2. The molecule has 0 saturated heterocycles. The molecule has 0 radical (unpaired) electrons. The molecular weight excluding hydrogens is 429 g/mol. The second-order valence-corrected chi connectivity index (χ2v) is 6.94. The van der Waals surface area contributed by atoms with Crippen LogP contribution in [0.25, 0.3) is 0 Å². The number of aryl methyl sites for hydroxylation is 2. The van der Waals surface area contributed by atoms with E-state index in [1.165, 1.54) is 5.56 Å². The van der Waals surface area contributed by atoms with Crippen molar-refractivity contribution in [1.29, 1.82) is 0 Å². The Kier molecular flexibility index (Phi) is 7.12. The molecule has 2 amide bonds. The van der Waals surface area contributed by atoms with Gasteiger partial charge in [-0.2, -0.15) is 5.10 Å². The average Bonchev–Trinajstić information content (AvgIpc) is 2.56. The smallest absolute Gasteiger partial charge is 0.240 e. The Balaban J connectivity index is 1.75.